The summed E-state index contributed by atoms with van der Waals surface area (Å²) in [6, 6.07) is 14.3. The van der Waals surface area contributed by atoms with E-state index in [1.807, 2.05) is 29.6 Å². The summed E-state index contributed by atoms with van der Waals surface area (Å²) in [5.41, 5.74) is 0.937. The van der Waals surface area contributed by atoms with E-state index in [4.69, 9.17) is 0 Å². The second-order valence-corrected chi connectivity index (χ2v) is 6.89. The Bertz CT molecular complexity index is 611. The maximum atomic E-state index is 11.7. The summed E-state index contributed by atoms with van der Waals surface area (Å²) in [6.45, 7) is 4.30. The smallest absolute Gasteiger partial charge is 0.308 e. The van der Waals surface area contributed by atoms with Gasteiger partial charge in [-0.2, -0.15) is 0 Å². The third kappa shape index (κ3) is 2.74. The zero-order chi connectivity index (χ0) is 14.9. The van der Waals surface area contributed by atoms with Gasteiger partial charge in [0.1, 0.15) is 0 Å². The van der Waals surface area contributed by atoms with Crippen molar-refractivity contribution in [3.8, 4) is 0 Å². The van der Waals surface area contributed by atoms with E-state index in [2.05, 4.69) is 30.0 Å². The molecule has 0 amide bonds. The third-order valence-corrected chi connectivity index (χ3v) is 5.54. The molecule has 1 aliphatic rings. The third-order valence-electron chi connectivity index (χ3n) is 4.39. The molecular weight excluding hydrogens is 282 g/mol. The van der Waals surface area contributed by atoms with Gasteiger partial charge in [-0.3, -0.25) is 9.69 Å². The van der Waals surface area contributed by atoms with Gasteiger partial charge in [0.05, 0.1) is 5.92 Å². The Kier molecular flexibility index (Phi) is 3.83. The average Bonchev–Trinajstić information content (AvgIpc) is 3.09. The minimum absolute atomic E-state index is 0.297. The molecule has 0 spiro atoms. The van der Waals surface area contributed by atoms with Gasteiger partial charge in [0, 0.05) is 29.9 Å². The van der Waals surface area contributed by atoms with Crippen molar-refractivity contribution in [3.05, 3.63) is 58.3 Å². The number of nitrogens with zero attached hydrogens (tertiary/aromatic N) is 1. The van der Waals surface area contributed by atoms with Gasteiger partial charge in [0.15, 0.2) is 0 Å². The van der Waals surface area contributed by atoms with E-state index in [0.29, 0.717) is 6.54 Å². The van der Waals surface area contributed by atoms with Gasteiger partial charge in [0.25, 0.3) is 0 Å². The maximum Gasteiger partial charge on any atom is 0.308 e. The molecule has 4 heteroatoms. The number of hydrogen-bond acceptors (Lipinski definition) is 3. The Morgan fingerprint density at radius 3 is 2.71 bits per heavy atom. The highest BCUT2D eigenvalue weighted by atomic mass is 32.1. The Morgan fingerprint density at radius 1 is 1.33 bits per heavy atom. The predicted octanol–water partition coefficient (Wildman–Crippen LogP) is 3.22. The lowest BCUT2D eigenvalue weighted by molar-refractivity contribution is -0.142. The van der Waals surface area contributed by atoms with Crippen LogP contribution in [0.1, 0.15) is 17.4 Å². The number of hydrogen-bond donors (Lipinski definition) is 1. The SMILES string of the molecule is CC1(c2cccs2)CN(Cc2ccccc2)CC1C(=O)O. The summed E-state index contributed by atoms with van der Waals surface area (Å²) in [6.07, 6.45) is 0. The Balaban J connectivity index is 1.83. The van der Waals surface area contributed by atoms with E-state index >= 15 is 0 Å². The molecule has 0 bridgehead atoms. The Morgan fingerprint density at radius 2 is 2.10 bits per heavy atom. The lowest BCUT2D eigenvalue weighted by Gasteiger charge is -2.27. The van der Waals surface area contributed by atoms with Crippen molar-refractivity contribution in [2.24, 2.45) is 5.92 Å². The van der Waals surface area contributed by atoms with Crippen molar-refractivity contribution < 1.29 is 9.90 Å². The van der Waals surface area contributed by atoms with Crippen molar-refractivity contribution >= 4 is 17.3 Å². The standard InChI is InChI=1S/C17H19NO2S/c1-17(15-8-5-9-21-15)12-18(11-14(17)16(19)20)10-13-6-3-2-4-7-13/h2-9,14H,10-12H2,1H3,(H,19,20). The normalized spacial score (nSPS) is 26.0. The fourth-order valence-corrected chi connectivity index (χ4v) is 4.20. The molecule has 110 valence electrons. The van der Waals surface area contributed by atoms with Gasteiger partial charge in [0.2, 0.25) is 0 Å². The molecule has 1 N–H and O–H groups in total. The van der Waals surface area contributed by atoms with Crippen LogP contribution >= 0.6 is 11.3 Å². The molecule has 2 heterocycles. The van der Waals surface area contributed by atoms with E-state index in [1.54, 1.807) is 11.3 Å². The van der Waals surface area contributed by atoms with Crippen LogP contribution in [0.2, 0.25) is 0 Å². The molecule has 21 heavy (non-hydrogen) atoms. The van der Waals surface area contributed by atoms with Crippen LogP contribution in [0.5, 0.6) is 0 Å². The zero-order valence-corrected chi connectivity index (χ0v) is 12.8. The number of carboxylic acid groups (broad SMARTS) is 1. The molecule has 2 unspecified atom stereocenters. The molecule has 0 radical (unpaired) electrons. The summed E-state index contributed by atoms with van der Waals surface area (Å²) >= 11 is 1.66. The highest BCUT2D eigenvalue weighted by molar-refractivity contribution is 7.10. The van der Waals surface area contributed by atoms with Crippen LogP contribution < -0.4 is 0 Å². The van der Waals surface area contributed by atoms with Crippen LogP contribution in [0, 0.1) is 5.92 Å². The largest absolute Gasteiger partial charge is 0.481 e. The molecule has 3 nitrogen and oxygen atoms in total. The van der Waals surface area contributed by atoms with Gasteiger partial charge in [-0.15, -0.1) is 11.3 Å². The maximum absolute atomic E-state index is 11.7. The fourth-order valence-electron chi connectivity index (χ4n) is 3.26. The number of thiophene rings is 1. The first-order valence-corrected chi connectivity index (χ1v) is 8.00. The minimum atomic E-state index is -0.693. The average molecular weight is 301 g/mol. The first kappa shape index (κ1) is 14.3. The van der Waals surface area contributed by atoms with Crippen LogP contribution in [0.4, 0.5) is 0 Å². The first-order valence-electron chi connectivity index (χ1n) is 7.12. The Labute approximate surface area is 128 Å². The molecule has 1 fully saturated rings. The lowest BCUT2D eigenvalue weighted by Crippen LogP contribution is -2.35. The van der Waals surface area contributed by atoms with Gasteiger partial charge in [-0.25, -0.2) is 0 Å². The fraction of sp³-hybridized carbons (Fsp3) is 0.353. The van der Waals surface area contributed by atoms with E-state index in [1.165, 1.54) is 10.4 Å². The molecule has 1 aromatic carbocycles. The summed E-state index contributed by atoms with van der Waals surface area (Å²) in [4.78, 5) is 15.1. The number of benzene rings is 1. The lowest BCUT2D eigenvalue weighted by atomic mass is 9.78. The number of carbonyl (C=O) groups is 1. The van der Waals surface area contributed by atoms with Crippen LogP contribution in [0.3, 0.4) is 0 Å². The van der Waals surface area contributed by atoms with Gasteiger partial charge >= 0.3 is 5.97 Å². The monoisotopic (exact) mass is 301 g/mol. The zero-order valence-electron chi connectivity index (χ0n) is 12.0. The molecule has 3 rings (SSSR count). The highest BCUT2D eigenvalue weighted by Gasteiger charge is 2.48. The summed E-state index contributed by atoms with van der Waals surface area (Å²) in [5.74, 6) is -1.04. The second-order valence-electron chi connectivity index (χ2n) is 5.94. The molecule has 0 saturated carbocycles. The van der Waals surface area contributed by atoms with E-state index < -0.39 is 5.97 Å². The summed E-state index contributed by atoms with van der Waals surface area (Å²) in [7, 11) is 0. The second kappa shape index (κ2) is 5.62. The minimum Gasteiger partial charge on any atom is -0.481 e. The predicted molar refractivity (Wildman–Crippen MR) is 84.5 cm³/mol. The molecule has 2 aromatic rings. The quantitative estimate of drug-likeness (QED) is 0.942. The van der Waals surface area contributed by atoms with Crippen molar-refractivity contribution in [2.75, 3.05) is 13.1 Å². The number of likely N-dealkylation sites (tertiary alicyclic amines) is 1. The topological polar surface area (TPSA) is 40.5 Å². The van der Waals surface area contributed by atoms with Crippen LogP contribution in [0.15, 0.2) is 47.8 Å². The van der Waals surface area contributed by atoms with Crippen molar-refractivity contribution in [1.29, 1.82) is 0 Å². The number of aliphatic carboxylic acids is 1. The molecule has 2 atom stereocenters. The molecule has 1 saturated heterocycles. The van der Waals surface area contributed by atoms with Gasteiger partial charge < -0.3 is 5.11 Å². The van der Waals surface area contributed by atoms with Crippen molar-refractivity contribution in [3.63, 3.8) is 0 Å². The summed E-state index contributed by atoms with van der Waals surface area (Å²) in [5, 5.41) is 11.6. The molecule has 1 aromatic heterocycles. The summed E-state index contributed by atoms with van der Waals surface area (Å²) < 4.78 is 0. The van der Waals surface area contributed by atoms with Crippen LogP contribution in [-0.4, -0.2) is 29.1 Å². The Hall–Kier alpha value is -1.65. The highest BCUT2D eigenvalue weighted by Crippen LogP contribution is 2.41. The van der Waals surface area contributed by atoms with Crippen LogP contribution in [-0.2, 0) is 16.8 Å². The van der Waals surface area contributed by atoms with E-state index in [-0.39, 0.29) is 11.3 Å². The number of rotatable bonds is 4. The van der Waals surface area contributed by atoms with Crippen molar-refractivity contribution in [1.82, 2.24) is 4.90 Å². The van der Waals surface area contributed by atoms with Gasteiger partial charge in [-0.1, -0.05) is 43.3 Å². The molecular formula is C17H19NO2S. The van der Waals surface area contributed by atoms with E-state index in [0.717, 1.165) is 13.1 Å². The van der Waals surface area contributed by atoms with Gasteiger partial charge in [-0.05, 0) is 17.0 Å². The number of carboxylic acids is 1. The van der Waals surface area contributed by atoms with E-state index in [9.17, 15) is 9.90 Å². The molecule has 0 aliphatic carbocycles. The van der Waals surface area contributed by atoms with Crippen LogP contribution in [0.25, 0.3) is 0 Å². The first-order chi connectivity index (χ1) is 10.1. The molecule has 1 aliphatic heterocycles. The van der Waals surface area contributed by atoms with Crippen molar-refractivity contribution in [2.45, 2.75) is 18.9 Å².